The van der Waals surface area contributed by atoms with E-state index in [0.717, 1.165) is 34.0 Å². The zero-order valence-electron chi connectivity index (χ0n) is 14.0. The molecule has 4 unspecified atom stereocenters. The minimum atomic E-state index is 0.173. The monoisotopic (exact) mass is 379 g/mol. The summed E-state index contributed by atoms with van der Waals surface area (Å²) in [5, 5.41) is 3.24. The predicted octanol–water partition coefficient (Wildman–Crippen LogP) is 4.33. The van der Waals surface area contributed by atoms with Crippen molar-refractivity contribution in [1.82, 2.24) is 5.32 Å². The number of rotatable bonds is 6. The fraction of sp³-hybridized carbons (Fsp3) is 0.632. The van der Waals surface area contributed by atoms with E-state index in [-0.39, 0.29) is 5.91 Å². The minimum Gasteiger partial charge on any atom is -0.496 e. The summed E-state index contributed by atoms with van der Waals surface area (Å²) in [5.74, 6) is 3.48. The molecule has 126 valence electrons. The molecule has 0 aliphatic heterocycles. The Morgan fingerprint density at radius 3 is 2.83 bits per heavy atom. The Bertz CT molecular complexity index is 574. The van der Waals surface area contributed by atoms with Crippen molar-refractivity contribution in [2.75, 3.05) is 7.11 Å². The Labute approximate surface area is 147 Å². The molecule has 4 atom stereocenters. The van der Waals surface area contributed by atoms with Crippen LogP contribution in [0.25, 0.3) is 0 Å². The Balaban J connectivity index is 1.47. The number of fused-ring (bicyclic) bond motifs is 2. The van der Waals surface area contributed by atoms with Crippen molar-refractivity contribution in [2.45, 2.75) is 51.5 Å². The fourth-order valence-corrected chi connectivity index (χ4v) is 5.05. The highest BCUT2D eigenvalue weighted by Gasteiger charge is 2.42. The average molecular weight is 380 g/mol. The summed E-state index contributed by atoms with van der Waals surface area (Å²) in [5.41, 5.74) is 1.15. The van der Waals surface area contributed by atoms with Crippen LogP contribution in [-0.4, -0.2) is 19.1 Å². The van der Waals surface area contributed by atoms with Crippen LogP contribution in [0.1, 0.15) is 44.6 Å². The zero-order valence-corrected chi connectivity index (χ0v) is 15.6. The molecule has 23 heavy (non-hydrogen) atoms. The minimum absolute atomic E-state index is 0.173. The predicted molar refractivity (Wildman–Crippen MR) is 95.6 cm³/mol. The van der Waals surface area contributed by atoms with Crippen molar-refractivity contribution in [2.24, 2.45) is 17.8 Å². The third-order valence-corrected chi connectivity index (χ3v) is 6.30. The molecule has 2 fully saturated rings. The van der Waals surface area contributed by atoms with Gasteiger partial charge in [0.05, 0.1) is 11.6 Å². The Hall–Kier alpha value is -1.03. The summed E-state index contributed by atoms with van der Waals surface area (Å²) in [6, 6.07) is 6.32. The van der Waals surface area contributed by atoms with Crippen LogP contribution in [0.2, 0.25) is 0 Å². The van der Waals surface area contributed by atoms with Crippen LogP contribution >= 0.6 is 15.9 Å². The van der Waals surface area contributed by atoms with Crippen LogP contribution in [0, 0.1) is 17.8 Å². The normalized spacial score (nSPS) is 27.0. The van der Waals surface area contributed by atoms with Crippen molar-refractivity contribution in [3.63, 3.8) is 0 Å². The van der Waals surface area contributed by atoms with E-state index in [9.17, 15) is 4.79 Å². The first kappa shape index (κ1) is 16.8. The van der Waals surface area contributed by atoms with Crippen LogP contribution in [0.3, 0.4) is 0 Å². The molecule has 1 aromatic rings. The van der Waals surface area contributed by atoms with Gasteiger partial charge in [-0.2, -0.15) is 0 Å². The highest BCUT2D eigenvalue weighted by atomic mass is 79.9. The average Bonchev–Trinajstić information content (AvgIpc) is 3.16. The number of carbonyl (C=O) groups is 1. The number of carbonyl (C=O) groups excluding carboxylic acids is 1. The molecule has 0 aromatic heterocycles. The number of hydrogen-bond acceptors (Lipinski definition) is 2. The molecule has 1 aromatic carbocycles. The number of ether oxygens (including phenoxy) is 1. The summed E-state index contributed by atoms with van der Waals surface area (Å²) in [6.45, 7) is 2.19. The molecule has 4 heteroatoms. The number of benzene rings is 1. The van der Waals surface area contributed by atoms with Gasteiger partial charge in [0.15, 0.2) is 0 Å². The van der Waals surface area contributed by atoms with E-state index in [1.165, 1.54) is 25.7 Å². The molecule has 3 nitrogen and oxygen atoms in total. The van der Waals surface area contributed by atoms with Gasteiger partial charge in [0.1, 0.15) is 5.75 Å². The number of halogens is 1. The summed E-state index contributed by atoms with van der Waals surface area (Å²) in [4.78, 5) is 12.3. The Kier molecular flexibility index (Phi) is 5.30. The maximum absolute atomic E-state index is 12.3. The molecule has 0 radical (unpaired) electrons. The number of aryl methyl sites for hydroxylation is 1. The summed E-state index contributed by atoms with van der Waals surface area (Å²) >= 11 is 3.49. The smallest absolute Gasteiger partial charge is 0.220 e. The molecule has 2 aliphatic carbocycles. The van der Waals surface area contributed by atoms with Crippen LogP contribution in [0.15, 0.2) is 22.7 Å². The van der Waals surface area contributed by atoms with Crippen LogP contribution in [0.4, 0.5) is 0 Å². The van der Waals surface area contributed by atoms with Crippen molar-refractivity contribution < 1.29 is 9.53 Å². The highest BCUT2D eigenvalue weighted by molar-refractivity contribution is 9.10. The Morgan fingerprint density at radius 2 is 2.22 bits per heavy atom. The van der Waals surface area contributed by atoms with E-state index in [0.29, 0.717) is 18.4 Å². The van der Waals surface area contributed by atoms with E-state index in [1.807, 2.05) is 18.2 Å². The van der Waals surface area contributed by atoms with Crippen molar-refractivity contribution >= 4 is 21.8 Å². The van der Waals surface area contributed by atoms with Gasteiger partial charge in [0.25, 0.3) is 0 Å². The zero-order chi connectivity index (χ0) is 16.4. The van der Waals surface area contributed by atoms with Gasteiger partial charge >= 0.3 is 0 Å². The molecule has 1 N–H and O–H groups in total. The van der Waals surface area contributed by atoms with Gasteiger partial charge in [-0.05, 0) is 84.0 Å². The first-order valence-electron chi connectivity index (χ1n) is 8.68. The lowest BCUT2D eigenvalue weighted by molar-refractivity contribution is -0.122. The topological polar surface area (TPSA) is 38.3 Å². The lowest BCUT2D eigenvalue weighted by atomic mass is 9.84. The molecule has 3 rings (SSSR count). The van der Waals surface area contributed by atoms with E-state index in [1.54, 1.807) is 7.11 Å². The second kappa shape index (κ2) is 7.25. The lowest BCUT2D eigenvalue weighted by Crippen LogP contribution is -2.40. The van der Waals surface area contributed by atoms with Gasteiger partial charge in [-0.15, -0.1) is 0 Å². The maximum atomic E-state index is 12.3. The summed E-state index contributed by atoms with van der Waals surface area (Å²) < 4.78 is 6.17. The standard InChI is InChI=1S/C19H26BrNO2/c1-12(16-10-14-3-6-15(16)9-14)21-19(22)8-5-13-4-7-18(23-2)17(20)11-13/h4,7,11-12,14-16H,3,5-6,8-10H2,1-2H3,(H,21,22). The first-order valence-corrected chi connectivity index (χ1v) is 9.48. The maximum Gasteiger partial charge on any atom is 0.220 e. The third-order valence-electron chi connectivity index (χ3n) is 5.68. The molecule has 2 aliphatic rings. The van der Waals surface area contributed by atoms with E-state index < -0.39 is 0 Å². The molecule has 1 amide bonds. The first-order chi connectivity index (χ1) is 11.1. The van der Waals surface area contributed by atoms with Crippen LogP contribution < -0.4 is 10.1 Å². The molecule has 0 heterocycles. The van der Waals surface area contributed by atoms with Crippen molar-refractivity contribution in [3.05, 3.63) is 28.2 Å². The number of amides is 1. The summed E-state index contributed by atoms with van der Waals surface area (Å²) in [6.07, 6.45) is 6.80. The van der Waals surface area contributed by atoms with Gasteiger partial charge < -0.3 is 10.1 Å². The van der Waals surface area contributed by atoms with Gasteiger partial charge in [-0.1, -0.05) is 12.5 Å². The number of methoxy groups -OCH3 is 1. The van der Waals surface area contributed by atoms with Gasteiger partial charge in [0, 0.05) is 12.5 Å². The van der Waals surface area contributed by atoms with E-state index in [2.05, 4.69) is 28.2 Å². The molecule has 0 spiro atoms. The van der Waals surface area contributed by atoms with Gasteiger partial charge in [-0.25, -0.2) is 0 Å². The van der Waals surface area contributed by atoms with E-state index in [4.69, 9.17) is 4.74 Å². The second-order valence-electron chi connectivity index (χ2n) is 7.16. The lowest BCUT2D eigenvalue weighted by Gasteiger charge is -2.28. The molecule has 2 saturated carbocycles. The van der Waals surface area contributed by atoms with Gasteiger partial charge in [0.2, 0.25) is 5.91 Å². The SMILES string of the molecule is COc1ccc(CCC(=O)NC(C)C2CC3CCC2C3)cc1Br. The fourth-order valence-electron chi connectivity index (χ4n) is 4.46. The van der Waals surface area contributed by atoms with Crippen molar-refractivity contribution in [3.8, 4) is 5.75 Å². The van der Waals surface area contributed by atoms with Gasteiger partial charge in [-0.3, -0.25) is 4.79 Å². The highest BCUT2D eigenvalue weighted by Crippen LogP contribution is 2.49. The molecule has 2 bridgehead atoms. The number of hydrogen-bond donors (Lipinski definition) is 1. The number of nitrogens with one attached hydrogen (secondary N) is 1. The van der Waals surface area contributed by atoms with Crippen molar-refractivity contribution in [1.29, 1.82) is 0 Å². The molecule has 0 saturated heterocycles. The van der Waals surface area contributed by atoms with E-state index >= 15 is 0 Å². The summed E-state index contributed by atoms with van der Waals surface area (Å²) in [7, 11) is 1.66. The van der Waals surface area contributed by atoms with Crippen LogP contribution in [-0.2, 0) is 11.2 Å². The Morgan fingerprint density at radius 1 is 1.39 bits per heavy atom. The second-order valence-corrected chi connectivity index (χ2v) is 8.02. The molecular weight excluding hydrogens is 354 g/mol. The van der Waals surface area contributed by atoms with Crippen LogP contribution in [0.5, 0.6) is 5.75 Å². The molecular formula is C19H26BrNO2. The third kappa shape index (κ3) is 3.90. The largest absolute Gasteiger partial charge is 0.496 e. The quantitative estimate of drug-likeness (QED) is 0.798.